The van der Waals surface area contributed by atoms with Gasteiger partial charge in [0.05, 0.1) is 11.5 Å². The predicted octanol–water partition coefficient (Wildman–Crippen LogP) is -0.243. The van der Waals surface area contributed by atoms with Crippen LogP contribution in [0.15, 0.2) is 0 Å². The Morgan fingerprint density at radius 2 is 2.11 bits per heavy atom. The third kappa shape index (κ3) is 2.79. The Kier molecular flexibility index (Phi) is 4.28. The van der Waals surface area contributed by atoms with Crippen molar-refractivity contribution in [1.82, 2.24) is 10.2 Å². The summed E-state index contributed by atoms with van der Waals surface area (Å²) in [7, 11) is 0. The van der Waals surface area contributed by atoms with Crippen molar-refractivity contribution in [3.63, 3.8) is 0 Å². The summed E-state index contributed by atoms with van der Waals surface area (Å²) in [5.41, 5.74) is 4.08. The van der Waals surface area contributed by atoms with E-state index in [4.69, 9.17) is 5.73 Å². The number of nitrogens with zero attached hydrogens (tertiary/aromatic N) is 1. The average Bonchev–Trinajstić information content (AvgIpc) is 2.72. The third-order valence-electron chi connectivity index (χ3n) is 3.69. The minimum absolute atomic E-state index is 0.312. The fourth-order valence-corrected chi connectivity index (χ4v) is 2.24. The van der Waals surface area contributed by atoms with Gasteiger partial charge in [0.1, 0.15) is 0 Å². The first-order chi connectivity index (χ1) is 8.32. The van der Waals surface area contributed by atoms with E-state index in [0.29, 0.717) is 25.9 Å². The van der Waals surface area contributed by atoms with Crippen LogP contribution in [-0.4, -0.2) is 47.0 Å². The number of primary amides is 1. The second kappa shape index (κ2) is 5.34. The molecule has 102 valence electrons. The smallest absolute Gasteiger partial charge is 0.318 e. The van der Waals surface area contributed by atoms with Crippen LogP contribution in [0.2, 0.25) is 0 Å². The number of carboxylic acid groups (broad SMARTS) is 1. The van der Waals surface area contributed by atoms with Crippen molar-refractivity contribution in [3.8, 4) is 0 Å². The predicted molar refractivity (Wildman–Crippen MR) is 63.7 cm³/mol. The van der Waals surface area contributed by atoms with Gasteiger partial charge in [0.2, 0.25) is 5.91 Å². The zero-order valence-electron chi connectivity index (χ0n) is 10.6. The second-order valence-corrected chi connectivity index (χ2v) is 4.69. The minimum atomic E-state index is -0.897. The third-order valence-corrected chi connectivity index (χ3v) is 3.69. The summed E-state index contributed by atoms with van der Waals surface area (Å²) >= 11 is 0. The molecule has 2 atom stereocenters. The van der Waals surface area contributed by atoms with Gasteiger partial charge in [-0.1, -0.05) is 6.92 Å². The Bertz CT molecular complexity index is 371. The summed E-state index contributed by atoms with van der Waals surface area (Å²) < 4.78 is 0. The van der Waals surface area contributed by atoms with Crippen LogP contribution in [0.4, 0.5) is 4.79 Å². The fourth-order valence-electron chi connectivity index (χ4n) is 2.24. The van der Waals surface area contributed by atoms with Gasteiger partial charge in [-0.05, 0) is 19.8 Å². The van der Waals surface area contributed by atoms with Crippen LogP contribution in [-0.2, 0) is 9.59 Å². The Labute approximate surface area is 105 Å². The highest BCUT2D eigenvalue weighted by molar-refractivity contribution is 5.96. The van der Waals surface area contributed by atoms with Crippen LogP contribution < -0.4 is 11.1 Å². The number of nitrogens with one attached hydrogen (secondary N) is 1. The maximum absolute atomic E-state index is 11.6. The molecule has 2 unspecified atom stereocenters. The monoisotopic (exact) mass is 257 g/mol. The Morgan fingerprint density at radius 1 is 1.50 bits per heavy atom. The minimum Gasteiger partial charge on any atom is -0.481 e. The zero-order chi connectivity index (χ0) is 13.9. The van der Waals surface area contributed by atoms with E-state index in [1.165, 1.54) is 0 Å². The Balaban J connectivity index is 2.68. The lowest BCUT2D eigenvalue weighted by atomic mass is 9.84. The standard InChI is InChI=1S/C11H19N3O4/c1-3-11(9(16)17)4-5-14(6-11)7(2)8(15)13-10(12)18/h7H,3-6H2,1-2H3,(H,16,17)(H3,12,13,15,18). The molecular weight excluding hydrogens is 238 g/mol. The quantitative estimate of drug-likeness (QED) is 0.643. The molecule has 4 N–H and O–H groups in total. The number of hydrogen-bond donors (Lipinski definition) is 3. The maximum Gasteiger partial charge on any atom is 0.318 e. The molecule has 0 spiro atoms. The van der Waals surface area contributed by atoms with E-state index >= 15 is 0 Å². The lowest BCUT2D eigenvalue weighted by molar-refractivity contribution is -0.148. The van der Waals surface area contributed by atoms with Gasteiger partial charge in [0.25, 0.3) is 0 Å². The number of likely N-dealkylation sites (tertiary alicyclic amines) is 1. The normalized spacial score (nSPS) is 25.7. The lowest BCUT2D eigenvalue weighted by Gasteiger charge is -2.26. The number of nitrogens with two attached hydrogens (primary N) is 1. The average molecular weight is 257 g/mol. The number of hydrogen-bond acceptors (Lipinski definition) is 4. The van der Waals surface area contributed by atoms with Crippen LogP contribution in [0.1, 0.15) is 26.7 Å². The summed E-state index contributed by atoms with van der Waals surface area (Å²) in [6.45, 7) is 4.29. The van der Waals surface area contributed by atoms with Crippen molar-refractivity contribution < 1.29 is 19.5 Å². The van der Waals surface area contributed by atoms with Crippen LogP contribution in [0.5, 0.6) is 0 Å². The summed E-state index contributed by atoms with van der Waals surface area (Å²) in [6.07, 6.45) is 1.02. The number of amides is 3. The van der Waals surface area contributed by atoms with Crippen LogP contribution in [0, 0.1) is 5.41 Å². The molecule has 0 aromatic rings. The van der Waals surface area contributed by atoms with Gasteiger partial charge in [-0.15, -0.1) is 0 Å². The van der Waals surface area contributed by atoms with Crippen molar-refractivity contribution in [2.24, 2.45) is 11.1 Å². The molecule has 1 aliphatic heterocycles. The van der Waals surface area contributed by atoms with Crippen LogP contribution in [0.3, 0.4) is 0 Å². The first kappa shape index (κ1) is 14.4. The maximum atomic E-state index is 11.6. The molecule has 1 saturated heterocycles. The Morgan fingerprint density at radius 3 is 2.50 bits per heavy atom. The van der Waals surface area contributed by atoms with Crippen LogP contribution >= 0.6 is 0 Å². The summed E-state index contributed by atoms with van der Waals surface area (Å²) in [5.74, 6) is -1.34. The highest BCUT2D eigenvalue weighted by Gasteiger charge is 2.45. The first-order valence-electron chi connectivity index (χ1n) is 5.90. The highest BCUT2D eigenvalue weighted by Crippen LogP contribution is 2.35. The molecule has 7 nitrogen and oxygen atoms in total. The number of imide groups is 1. The van der Waals surface area contributed by atoms with Crippen molar-refractivity contribution in [2.75, 3.05) is 13.1 Å². The molecule has 0 saturated carbocycles. The van der Waals surface area contributed by atoms with Gasteiger partial charge < -0.3 is 10.8 Å². The van der Waals surface area contributed by atoms with Gasteiger partial charge in [-0.2, -0.15) is 0 Å². The summed E-state index contributed by atoms with van der Waals surface area (Å²) in [4.78, 5) is 35.2. The van der Waals surface area contributed by atoms with E-state index < -0.39 is 29.4 Å². The zero-order valence-corrected chi connectivity index (χ0v) is 10.6. The van der Waals surface area contributed by atoms with E-state index in [9.17, 15) is 19.5 Å². The van der Waals surface area contributed by atoms with Crippen molar-refractivity contribution in [2.45, 2.75) is 32.7 Å². The molecule has 0 radical (unpaired) electrons. The van der Waals surface area contributed by atoms with E-state index in [0.717, 1.165) is 0 Å². The number of aliphatic carboxylic acids is 1. The van der Waals surface area contributed by atoms with Gasteiger partial charge in [0.15, 0.2) is 0 Å². The van der Waals surface area contributed by atoms with Crippen molar-refractivity contribution in [1.29, 1.82) is 0 Å². The molecule has 7 heteroatoms. The largest absolute Gasteiger partial charge is 0.481 e. The second-order valence-electron chi connectivity index (χ2n) is 4.69. The SMILES string of the molecule is CCC1(C(=O)O)CCN(C(C)C(=O)NC(N)=O)C1. The number of carbonyl (C=O) groups excluding carboxylic acids is 2. The molecule has 0 aromatic carbocycles. The van der Waals surface area contributed by atoms with Crippen molar-refractivity contribution >= 4 is 17.9 Å². The topological polar surface area (TPSA) is 113 Å². The molecule has 1 aliphatic rings. The van der Waals surface area contributed by atoms with Crippen LogP contribution in [0.25, 0.3) is 0 Å². The molecule has 0 bridgehead atoms. The molecule has 18 heavy (non-hydrogen) atoms. The number of carbonyl (C=O) groups is 3. The van der Waals surface area contributed by atoms with E-state index in [2.05, 4.69) is 0 Å². The fraction of sp³-hybridized carbons (Fsp3) is 0.727. The van der Waals surface area contributed by atoms with E-state index in [1.54, 1.807) is 11.8 Å². The van der Waals surface area contributed by atoms with Gasteiger partial charge >= 0.3 is 12.0 Å². The van der Waals surface area contributed by atoms with E-state index in [1.807, 2.05) is 12.2 Å². The molecule has 0 aliphatic carbocycles. The first-order valence-corrected chi connectivity index (χ1v) is 5.90. The Hall–Kier alpha value is -1.63. The lowest BCUT2D eigenvalue weighted by Crippen LogP contribution is -2.48. The number of carboxylic acids is 1. The molecule has 1 heterocycles. The van der Waals surface area contributed by atoms with Crippen molar-refractivity contribution in [3.05, 3.63) is 0 Å². The van der Waals surface area contributed by atoms with Gasteiger partial charge in [0, 0.05) is 13.1 Å². The molecule has 1 rings (SSSR count). The summed E-state index contributed by atoms with van der Waals surface area (Å²) in [6, 6.07) is -1.46. The number of rotatable bonds is 4. The molecule has 1 fully saturated rings. The van der Waals surface area contributed by atoms with Gasteiger partial charge in [-0.3, -0.25) is 19.8 Å². The molecule has 3 amide bonds. The molecular formula is C11H19N3O4. The van der Waals surface area contributed by atoms with E-state index in [-0.39, 0.29) is 0 Å². The summed E-state index contributed by atoms with van der Waals surface area (Å²) in [5, 5.41) is 11.3. The number of urea groups is 1. The highest BCUT2D eigenvalue weighted by atomic mass is 16.4. The molecule has 0 aromatic heterocycles. The van der Waals surface area contributed by atoms with Gasteiger partial charge in [-0.25, -0.2) is 4.79 Å².